The predicted octanol–water partition coefficient (Wildman–Crippen LogP) is 4.93. The van der Waals surface area contributed by atoms with E-state index in [9.17, 15) is 4.39 Å². The van der Waals surface area contributed by atoms with Gasteiger partial charge in [0.05, 0.1) is 4.47 Å². The van der Waals surface area contributed by atoms with Crippen molar-refractivity contribution < 1.29 is 4.39 Å². The van der Waals surface area contributed by atoms with Crippen LogP contribution in [0, 0.1) is 5.82 Å². The van der Waals surface area contributed by atoms with Crippen molar-refractivity contribution in [1.82, 2.24) is 0 Å². The molecule has 1 aromatic rings. The molecular formula is C12H15BrClF. The number of hydrogen-bond acceptors (Lipinski definition) is 0. The first-order valence-corrected chi connectivity index (χ1v) is 6.44. The third kappa shape index (κ3) is 4.52. The molecule has 0 aromatic heterocycles. The van der Waals surface area contributed by atoms with E-state index in [2.05, 4.69) is 22.9 Å². The van der Waals surface area contributed by atoms with E-state index in [1.54, 1.807) is 0 Å². The van der Waals surface area contributed by atoms with Crippen LogP contribution in [-0.4, -0.2) is 5.38 Å². The highest BCUT2D eigenvalue weighted by Gasteiger charge is 2.05. The summed E-state index contributed by atoms with van der Waals surface area (Å²) in [6.07, 6.45) is 4.02. The van der Waals surface area contributed by atoms with Crippen molar-refractivity contribution in [3.8, 4) is 0 Å². The molecule has 0 spiro atoms. The van der Waals surface area contributed by atoms with Crippen molar-refractivity contribution in [1.29, 1.82) is 0 Å². The lowest BCUT2D eigenvalue weighted by Gasteiger charge is -2.08. The number of hydrogen-bond donors (Lipinski definition) is 0. The van der Waals surface area contributed by atoms with Gasteiger partial charge in [0, 0.05) is 5.38 Å². The summed E-state index contributed by atoms with van der Waals surface area (Å²) >= 11 is 9.29. The van der Waals surface area contributed by atoms with Gasteiger partial charge in [-0.15, -0.1) is 11.6 Å². The minimum absolute atomic E-state index is 0.213. The molecule has 1 aromatic carbocycles. The van der Waals surface area contributed by atoms with Crippen LogP contribution in [0.15, 0.2) is 22.7 Å². The maximum absolute atomic E-state index is 12.9. The lowest BCUT2D eigenvalue weighted by Crippen LogP contribution is -2.00. The van der Waals surface area contributed by atoms with Gasteiger partial charge in [0.2, 0.25) is 0 Å². The fraction of sp³-hybridized carbons (Fsp3) is 0.500. The second-order valence-electron chi connectivity index (χ2n) is 3.67. The molecule has 0 N–H and O–H groups in total. The minimum atomic E-state index is -0.213. The highest BCUT2D eigenvalue weighted by atomic mass is 79.9. The zero-order valence-electron chi connectivity index (χ0n) is 8.77. The molecule has 1 unspecified atom stereocenters. The molecule has 0 aliphatic heterocycles. The second kappa shape index (κ2) is 6.49. The third-order valence-electron chi connectivity index (χ3n) is 2.33. The largest absolute Gasteiger partial charge is 0.206 e. The minimum Gasteiger partial charge on any atom is -0.206 e. The van der Waals surface area contributed by atoms with Gasteiger partial charge in [0.1, 0.15) is 5.82 Å². The van der Waals surface area contributed by atoms with Crippen LogP contribution in [0.4, 0.5) is 4.39 Å². The molecule has 15 heavy (non-hydrogen) atoms. The van der Waals surface area contributed by atoms with Crippen molar-refractivity contribution in [2.45, 2.75) is 38.0 Å². The van der Waals surface area contributed by atoms with E-state index in [0.717, 1.165) is 31.2 Å². The van der Waals surface area contributed by atoms with Gasteiger partial charge in [-0.3, -0.25) is 0 Å². The summed E-state index contributed by atoms with van der Waals surface area (Å²) in [5, 5.41) is 0.235. The van der Waals surface area contributed by atoms with Crippen LogP contribution in [0.5, 0.6) is 0 Å². The number of benzene rings is 1. The predicted molar refractivity (Wildman–Crippen MR) is 67.0 cm³/mol. The molecule has 84 valence electrons. The summed E-state index contributed by atoms with van der Waals surface area (Å²) in [7, 11) is 0. The average Bonchev–Trinajstić information content (AvgIpc) is 2.20. The van der Waals surface area contributed by atoms with E-state index in [4.69, 9.17) is 11.6 Å². The molecule has 1 atom stereocenters. The van der Waals surface area contributed by atoms with E-state index >= 15 is 0 Å². The molecule has 0 radical (unpaired) electrons. The quantitative estimate of drug-likeness (QED) is 0.675. The monoisotopic (exact) mass is 292 g/mol. The Hall–Kier alpha value is -0.0800. The number of rotatable bonds is 5. The number of aryl methyl sites for hydroxylation is 1. The van der Waals surface area contributed by atoms with E-state index in [-0.39, 0.29) is 11.2 Å². The van der Waals surface area contributed by atoms with Crippen LogP contribution in [0.1, 0.15) is 31.7 Å². The smallest absolute Gasteiger partial charge is 0.137 e. The van der Waals surface area contributed by atoms with Gasteiger partial charge in [0.15, 0.2) is 0 Å². The van der Waals surface area contributed by atoms with Gasteiger partial charge >= 0.3 is 0 Å². The van der Waals surface area contributed by atoms with Crippen LogP contribution in [0.25, 0.3) is 0 Å². The lowest BCUT2D eigenvalue weighted by atomic mass is 10.1. The Morgan fingerprint density at radius 3 is 2.73 bits per heavy atom. The summed E-state index contributed by atoms with van der Waals surface area (Å²) in [6.45, 7) is 2.13. The van der Waals surface area contributed by atoms with Gasteiger partial charge in [-0.05, 0) is 52.9 Å². The summed E-state index contributed by atoms with van der Waals surface area (Å²) in [6, 6.07) is 5.13. The SMILES string of the molecule is CCCC(Cl)CCc1ccc(F)c(Br)c1. The van der Waals surface area contributed by atoms with E-state index in [0.29, 0.717) is 4.47 Å². The molecule has 0 nitrogen and oxygen atoms in total. The van der Waals surface area contributed by atoms with Crippen LogP contribution >= 0.6 is 27.5 Å². The Balaban J connectivity index is 2.47. The highest BCUT2D eigenvalue weighted by Crippen LogP contribution is 2.19. The Morgan fingerprint density at radius 2 is 2.13 bits per heavy atom. The molecule has 1 rings (SSSR count). The molecule has 0 heterocycles. The van der Waals surface area contributed by atoms with Gasteiger partial charge < -0.3 is 0 Å². The van der Waals surface area contributed by atoms with E-state index in [1.165, 1.54) is 6.07 Å². The Labute approximate surface area is 104 Å². The molecule has 0 saturated heterocycles. The second-order valence-corrected chi connectivity index (χ2v) is 5.14. The molecule has 0 fully saturated rings. The Kier molecular flexibility index (Phi) is 5.62. The molecule has 0 amide bonds. The van der Waals surface area contributed by atoms with Crippen molar-refractivity contribution in [2.24, 2.45) is 0 Å². The first kappa shape index (κ1) is 13.0. The molecule has 0 aliphatic rings. The standard InChI is InChI=1S/C12H15BrClF/c1-2-3-10(14)6-4-9-5-7-12(15)11(13)8-9/h5,7-8,10H,2-4,6H2,1H3. The summed E-state index contributed by atoms with van der Waals surface area (Å²) in [5.74, 6) is -0.213. The fourth-order valence-corrected chi connectivity index (χ4v) is 2.23. The highest BCUT2D eigenvalue weighted by molar-refractivity contribution is 9.10. The summed E-state index contributed by atoms with van der Waals surface area (Å²) in [5.41, 5.74) is 1.13. The topological polar surface area (TPSA) is 0 Å². The summed E-state index contributed by atoms with van der Waals surface area (Å²) < 4.78 is 13.5. The lowest BCUT2D eigenvalue weighted by molar-refractivity contribution is 0.619. The third-order valence-corrected chi connectivity index (χ3v) is 3.38. The van der Waals surface area contributed by atoms with E-state index < -0.39 is 0 Å². The fourth-order valence-electron chi connectivity index (χ4n) is 1.48. The Bertz CT molecular complexity index is 314. The van der Waals surface area contributed by atoms with Crippen LogP contribution < -0.4 is 0 Å². The number of halogens is 3. The maximum atomic E-state index is 12.9. The normalized spacial score (nSPS) is 12.8. The Morgan fingerprint density at radius 1 is 1.40 bits per heavy atom. The van der Waals surface area contributed by atoms with Crippen molar-refractivity contribution in [3.63, 3.8) is 0 Å². The maximum Gasteiger partial charge on any atom is 0.137 e. The van der Waals surface area contributed by atoms with Crippen LogP contribution in [0.2, 0.25) is 0 Å². The van der Waals surface area contributed by atoms with Crippen LogP contribution in [-0.2, 0) is 6.42 Å². The molecule has 3 heteroatoms. The van der Waals surface area contributed by atoms with E-state index in [1.807, 2.05) is 12.1 Å². The summed E-state index contributed by atoms with van der Waals surface area (Å²) in [4.78, 5) is 0. The first-order chi connectivity index (χ1) is 7.13. The van der Waals surface area contributed by atoms with Gasteiger partial charge in [0.25, 0.3) is 0 Å². The molecule has 0 saturated carbocycles. The average molecular weight is 294 g/mol. The van der Waals surface area contributed by atoms with Crippen LogP contribution in [0.3, 0.4) is 0 Å². The zero-order valence-corrected chi connectivity index (χ0v) is 11.1. The van der Waals surface area contributed by atoms with Gasteiger partial charge in [-0.2, -0.15) is 0 Å². The van der Waals surface area contributed by atoms with Gasteiger partial charge in [-0.1, -0.05) is 19.4 Å². The molecule has 0 aliphatic carbocycles. The first-order valence-electron chi connectivity index (χ1n) is 5.21. The zero-order chi connectivity index (χ0) is 11.3. The van der Waals surface area contributed by atoms with Crippen molar-refractivity contribution in [3.05, 3.63) is 34.1 Å². The molecular weight excluding hydrogens is 278 g/mol. The van der Waals surface area contributed by atoms with Crippen molar-refractivity contribution in [2.75, 3.05) is 0 Å². The van der Waals surface area contributed by atoms with Crippen molar-refractivity contribution >= 4 is 27.5 Å². The van der Waals surface area contributed by atoms with Gasteiger partial charge in [-0.25, -0.2) is 4.39 Å². The number of alkyl halides is 1. The molecule has 0 bridgehead atoms.